The van der Waals surface area contributed by atoms with Gasteiger partial charge in [-0.1, -0.05) is 5.92 Å². The number of terminal acetylenes is 1. The summed E-state index contributed by atoms with van der Waals surface area (Å²) in [6.45, 7) is -0.211. The Bertz CT molecular complexity index is 816. The molecule has 1 aromatic rings. The lowest BCUT2D eigenvalue weighted by Crippen LogP contribution is -2.32. The lowest BCUT2D eigenvalue weighted by atomic mass is 10.1. The highest BCUT2D eigenvalue weighted by atomic mass is 32.2. The van der Waals surface area contributed by atoms with Crippen molar-refractivity contribution in [2.75, 3.05) is 13.6 Å². The summed E-state index contributed by atoms with van der Waals surface area (Å²) in [7, 11) is -2.83. The third kappa shape index (κ3) is 3.12. The van der Waals surface area contributed by atoms with Gasteiger partial charge in [0.15, 0.2) is 0 Å². The van der Waals surface area contributed by atoms with Crippen LogP contribution in [-0.2, 0) is 15.0 Å². The smallest absolute Gasteiger partial charge is 0.258 e. The minimum Gasteiger partial charge on any atom is -0.258 e. The van der Waals surface area contributed by atoms with Crippen molar-refractivity contribution in [3.05, 3.63) is 44.0 Å². The van der Waals surface area contributed by atoms with Crippen LogP contribution >= 0.6 is 0 Å². The molecule has 1 fully saturated rings. The average molecular weight is 342 g/mol. The van der Waals surface area contributed by atoms with Gasteiger partial charge in [-0.3, -0.25) is 25.1 Å². The summed E-state index contributed by atoms with van der Waals surface area (Å²) in [5.41, 5.74) is -1.21. The minimum absolute atomic E-state index is 0.113. The van der Waals surface area contributed by atoms with E-state index in [1.165, 1.54) is 7.05 Å². The Morgan fingerprint density at radius 2 is 2.04 bits per heavy atom. The molecule has 0 aromatic heterocycles. The van der Waals surface area contributed by atoms with Crippen molar-refractivity contribution < 1.29 is 23.1 Å². The second kappa shape index (κ2) is 5.89. The maximum atomic E-state index is 12.1. The van der Waals surface area contributed by atoms with Crippen LogP contribution in [0.1, 0.15) is 11.8 Å². The molecule has 0 saturated carbocycles. The van der Waals surface area contributed by atoms with Gasteiger partial charge in [0.25, 0.3) is 11.4 Å². The van der Waals surface area contributed by atoms with Gasteiger partial charge < -0.3 is 0 Å². The quantitative estimate of drug-likeness (QED) is 0.318. The largest absolute Gasteiger partial charge is 0.307 e. The number of nitrogens with zero attached hydrogens (tertiary/aromatic N) is 4. The van der Waals surface area contributed by atoms with E-state index in [0.29, 0.717) is 4.47 Å². The van der Waals surface area contributed by atoms with E-state index in [0.717, 1.165) is 22.5 Å². The molecular formula is C11H10N4O7S. The topological polar surface area (TPSA) is 139 Å². The Morgan fingerprint density at radius 3 is 2.57 bits per heavy atom. The molecular weight excluding hydrogens is 332 g/mol. The molecule has 1 aliphatic rings. The summed E-state index contributed by atoms with van der Waals surface area (Å²) < 4.78 is 25.5. The van der Waals surface area contributed by atoms with E-state index in [1.807, 2.05) is 0 Å². The fourth-order valence-electron chi connectivity index (χ4n) is 1.78. The Morgan fingerprint density at radius 1 is 1.39 bits per heavy atom. The molecule has 1 aliphatic heterocycles. The van der Waals surface area contributed by atoms with E-state index >= 15 is 0 Å². The molecule has 0 radical (unpaired) electrons. The van der Waals surface area contributed by atoms with Crippen LogP contribution in [0.5, 0.6) is 0 Å². The van der Waals surface area contributed by atoms with Crippen molar-refractivity contribution in [3.8, 4) is 12.3 Å². The number of benzene rings is 1. The van der Waals surface area contributed by atoms with Crippen LogP contribution < -0.4 is 0 Å². The predicted octanol–water partition coefficient (Wildman–Crippen LogP) is 0.559. The first-order valence-corrected chi connectivity index (χ1v) is 7.38. The number of hydrogen-bond acceptors (Lipinski definition) is 7. The SMILES string of the molecule is C#CCN(C)S(=O)(=O)N1OC1c1ccc([N+](=O)[O-])cc1[N+](=O)[O-]. The number of nitro benzene ring substituents is 2. The van der Waals surface area contributed by atoms with Gasteiger partial charge in [0.2, 0.25) is 6.23 Å². The molecule has 1 saturated heterocycles. The zero-order chi connectivity index (χ0) is 17.4. The number of nitro groups is 2. The lowest BCUT2D eigenvalue weighted by Gasteiger charge is -2.12. The van der Waals surface area contributed by atoms with E-state index in [1.54, 1.807) is 0 Å². The molecule has 2 unspecified atom stereocenters. The molecule has 0 bridgehead atoms. The van der Waals surface area contributed by atoms with E-state index < -0.39 is 37.7 Å². The number of non-ortho nitro benzene ring substituents is 1. The summed E-state index contributed by atoms with van der Waals surface area (Å²) in [6.07, 6.45) is 3.80. The van der Waals surface area contributed by atoms with Crippen LogP contribution in [0.25, 0.3) is 0 Å². The lowest BCUT2D eigenvalue weighted by molar-refractivity contribution is -0.394. The van der Waals surface area contributed by atoms with Gasteiger partial charge >= 0.3 is 10.2 Å². The highest BCUT2D eigenvalue weighted by Gasteiger charge is 2.52. The molecule has 23 heavy (non-hydrogen) atoms. The Hall–Kier alpha value is -2.59. The molecule has 2 atom stereocenters. The van der Waals surface area contributed by atoms with Crippen LogP contribution in [0.2, 0.25) is 0 Å². The monoisotopic (exact) mass is 342 g/mol. The van der Waals surface area contributed by atoms with Crippen molar-refractivity contribution in [2.24, 2.45) is 0 Å². The number of hydroxylamine groups is 1. The zero-order valence-corrected chi connectivity index (χ0v) is 12.5. The van der Waals surface area contributed by atoms with E-state index in [-0.39, 0.29) is 12.1 Å². The fourth-order valence-corrected chi connectivity index (χ4v) is 2.84. The van der Waals surface area contributed by atoms with Crippen molar-refractivity contribution in [1.82, 2.24) is 8.77 Å². The summed E-state index contributed by atoms with van der Waals surface area (Å²) >= 11 is 0. The number of hydrogen-bond donors (Lipinski definition) is 0. The van der Waals surface area contributed by atoms with Crippen LogP contribution in [0.15, 0.2) is 18.2 Å². The molecule has 0 spiro atoms. The highest BCUT2D eigenvalue weighted by molar-refractivity contribution is 7.86. The molecule has 12 heteroatoms. The molecule has 0 aliphatic carbocycles. The second-order valence-electron chi connectivity index (χ2n) is 4.44. The third-order valence-electron chi connectivity index (χ3n) is 2.97. The van der Waals surface area contributed by atoms with E-state index in [4.69, 9.17) is 11.3 Å². The van der Waals surface area contributed by atoms with Crippen molar-refractivity contribution in [1.29, 1.82) is 0 Å². The van der Waals surface area contributed by atoms with Gasteiger partial charge in [-0.2, -0.15) is 12.7 Å². The van der Waals surface area contributed by atoms with Crippen molar-refractivity contribution in [2.45, 2.75) is 6.23 Å². The van der Waals surface area contributed by atoms with Gasteiger partial charge in [-0.05, 0) is 10.5 Å². The van der Waals surface area contributed by atoms with E-state index in [2.05, 4.69) is 5.92 Å². The maximum Gasteiger partial charge on any atom is 0.307 e. The van der Waals surface area contributed by atoms with Gasteiger partial charge in [-0.15, -0.1) is 6.42 Å². The summed E-state index contributed by atoms with van der Waals surface area (Å²) in [5.74, 6) is 2.14. The average Bonchev–Trinajstić information content (AvgIpc) is 3.27. The minimum atomic E-state index is -4.05. The Labute approximate surface area is 130 Å². The standard InChI is InChI=1S/C11H10N4O7S/c1-3-6-12(2)23(20,21)15-11(22-15)9-5-4-8(13(16)17)7-10(9)14(18)19/h1,4-5,7,11H,6H2,2H3. The molecule has 1 aromatic carbocycles. The first kappa shape index (κ1) is 16.8. The second-order valence-corrected chi connectivity index (χ2v) is 6.32. The Balaban J connectivity index is 2.34. The van der Waals surface area contributed by atoms with Crippen LogP contribution in [-0.4, -0.2) is 40.6 Å². The molecule has 0 N–H and O–H groups in total. The zero-order valence-electron chi connectivity index (χ0n) is 11.6. The van der Waals surface area contributed by atoms with Crippen LogP contribution in [0.4, 0.5) is 11.4 Å². The fraction of sp³-hybridized carbons (Fsp3) is 0.273. The first-order valence-electron chi connectivity index (χ1n) is 5.98. The summed E-state index contributed by atoms with van der Waals surface area (Å²) in [5, 5.41) is 21.7. The molecule has 1 heterocycles. The maximum absolute atomic E-state index is 12.1. The number of rotatable bonds is 6. The van der Waals surface area contributed by atoms with Crippen LogP contribution in [0.3, 0.4) is 0 Å². The van der Waals surface area contributed by atoms with Gasteiger partial charge in [-0.25, -0.2) is 0 Å². The Kier molecular flexibility index (Phi) is 4.30. The van der Waals surface area contributed by atoms with Gasteiger partial charge in [0.1, 0.15) is 0 Å². The highest BCUT2D eigenvalue weighted by Crippen LogP contribution is 2.45. The molecule has 122 valence electrons. The normalized spacial score (nSPS) is 20.0. The predicted molar refractivity (Wildman–Crippen MR) is 75.8 cm³/mol. The van der Waals surface area contributed by atoms with Crippen LogP contribution in [0, 0.1) is 32.6 Å². The van der Waals surface area contributed by atoms with E-state index in [9.17, 15) is 28.6 Å². The molecule has 2 rings (SSSR count). The third-order valence-corrected chi connectivity index (χ3v) is 4.62. The summed E-state index contributed by atoms with van der Waals surface area (Å²) in [6, 6.07) is 2.85. The first-order chi connectivity index (χ1) is 10.7. The van der Waals surface area contributed by atoms with Crippen molar-refractivity contribution >= 4 is 21.6 Å². The molecule has 0 amide bonds. The van der Waals surface area contributed by atoms with Gasteiger partial charge in [0, 0.05) is 13.1 Å². The van der Waals surface area contributed by atoms with Crippen molar-refractivity contribution in [3.63, 3.8) is 0 Å². The molecule has 11 nitrogen and oxygen atoms in total. The van der Waals surface area contributed by atoms with Gasteiger partial charge in [0.05, 0.1) is 28.0 Å². The summed E-state index contributed by atoms with van der Waals surface area (Å²) in [4.78, 5) is 25.0.